The molecule has 0 fully saturated rings. The average Bonchev–Trinajstić information content (AvgIpc) is 3.80. The van der Waals surface area contributed by atoms with Crippen LogP contribution < -0.4 is 37.7 Å². The van der Waals surface area contributed by atoms with Gasteiger partial charge in [-0.3, -0.25) is 0 Å². The molecule has 4 aromatic carbocycles. The van der Waals surface area contributed by atoms with Gasteiger partial charge in [0.05, 0.1) is 0 Å². The summed E-state index contributed by atoms with van der Waals surface area (Å²) < 4.78 is 54.5. The Bertz CT molecular complexity index is 2480. The van der Waals surface area contributed by atoms with Crippen molar-refractivity contribution in [1.29, 1.82) is 0 Å². The van der Waals surface area contributed by atoms with E-state index in [-0.39, 0.29) is 54.9 Å². The second-order valence-electron chi connectivity index (χ2n) is 16.9. The summed E-state index contributed by atoms with van der Waals surface area (Å²) in [5, 5.41) is 9.27. The molecule has 16 heteroatoms. The van der Waals surface area contributed by atoms with Gasteiger partial charge in [-0.25, -0.2) is 19.6 Å². The monoisotopic (exact) mass is 1170 g/mol. The standard InChI is InChI=1S/C29H39NO2Si2.C25H39NO6Si2.C3H5.2CH4.BrH.Mg/c1-8-18-33(19-9-2,31-12-5)24-14-16-28-26(22-24)27-23-25(15-17-29(27)30(28)7)34(20-10-3,21-11-4)32-13-6;1-8-27-33(28-9-2,29-10-3)20-14-16-24-22(18-20)23-19-21(15-17-25(23)26(24)7)34(30-11-4,31-12-5)32-13-6;1-3-2;;;;/h8-11,14-17,22-23H,1-4,12-13,18-21H2,5-7H3;14-19H,8-13H2,1-7H3;3H,1-2H2;2*1H4;1H;/q;;-1;;;;+2/p-1. The summed E-state index contributed by atoms with van der Waals surface area (Å²) in [4.78, 5) is 0. The zero-order valence-electron chi connectivity index (χ0n) is 45.8. The van der Waals surface area contributed by atoms with Crippen LogP contribution in [0.1, 0.15) is 70.2 Å². The third kappa shape index (κ3) is 16.0. The fourth-order valence-corrected chi connectivity index (χ4v) is 21.4. The van der Waals surface area contributed by atoms with Crippen LogP contribution in [0.2, 0.25) is 24.2 Å². The number of halogens is 1. The van der Waals surface area contributed by atoms with E-state index < -0.39 is 34.2 Å². The van der Waals surface area contributed by atoms with Crippen LogP contribution in [0.3, 0.4) is 0 Å². The fraction of sp³-hybridized carbons (Fsp3) is 0.407. The van der Waals surface area contributed by atoms with Crippen LogP contribution in [0.25, 0.3) is 43.6 Å². The van der Waals surface area contributed by atoms with Crippen LogP contribution >= 0.6 is 0 Å². The zero-order chi connectivity index (χ0) is 52.2. The number of aromatic nitrogens is 2. The van der Waals surface area contributed by atoms with Crippen LogP contribution in [-0.2, 0) is 49.5 Å². The van der Waals surface area contributed by atoms with Gasteiger partial charge in [0.15, 0.2) is 0 Å². The molecule has 0 atom stereocenters. The summed E-state index contributed by atoms with van der Waals surface area (Å²) in [5.74, 6) is 0. The Hall–Kier alpha value is -3.16. The molecule has 75 heavy (non-hydrogen) atoms. The number of hydrogen-bond donors (Lipinski definition) is 0. The first-order valence-electron chi connectivity index (χ1n) is 25.3. The molecule has 0 radical (unpaired) electrons. The van der Waals surface area contributed by atoms with E-state index in [1.54, 1.807) is 0 Å². The van der Waals surface area contributed by atoms with Gasteiger partial charge in [0.1, 0.15) is 0 Å². The van der Waals surface area contributed by atoms with Crippen LogP contribution in [-0.4, -0.2) is 119 Å². The molecule has 0 bridgehead atoms. The minimum atomic E-state index is -3.03. The Morgan fingerprint density at radius 1 is 0.400 bits per heavy atom. The van der Waals surface area contributed by atoms with Crippen LogP contribution in [0.15, 0.2) is 136 Å². The van der Waals surface area contributed by atoms with Gasteiger partial charge in [0, 0.05) is 121 Å². The Morgan fingerprint density at radius 3 is 0.800 bits per heavy atom. The second kappa shape index (κ2) is 34.7. The van der Waals surface area contributed by atoms with E-state index >= 15 is 0 Å². The van der Waals surface area contributed by atoms with Gasteiger partial charge in [0.2, 0.25) is 16.6 Å². The first kappa shape index (κ1) is 71.8. The van der Waals surface area contributed by atoms with E-state index in [2.05, 4.69) is 150 Å². The first-order chi connectivity index (χ1) is 34.3. The summed E-state index contributed by atoms with van der Waals surface area (Å²) in [6, 6.07) is 29.9. The molecule has 10 nitrogen and oxygen atoms in total. The van der Waals surface area contributed by atoms with Crippen molar-refractivity contribution in [1.82, 2.24) is 9.13 Å². The van der Waals surface area contributed by atoms with E-state index in [0.29, 0.717) is 52.9 Å². The molecular weight excluding hydrogens is 1080 g/mol. The quantitative estimate of drug-likeness (QED) is 0.0274. The molecule has 410 valence electrons. The summed E-state index contributed by atoms with van der Waals surface area (Å²) in [6.07, 6.45) is 9.51. The van der Waals surface area contributed by atoms with Crippen LogP contribution in [0.5, 0.6) is 0 Å². The Balaban J connectivity index is 0.00000132. The molecule has 0 N–H and O–H groups in total. The van der Waals surface area contributed by atoms with Gasteiger partial charge in [0.25, 0.3) is 0 Å². The molecular formula is C59H91BrMgN2O8Si4. The number of aryl methyl sites for hydroxylation is 2. The Kier molecular flexibility index (Phi) is 33.2. The Morgan fingerprint density at radius 2 is 0.600 bits per heavy atom. The third-order valence-electron chi connectivity index (χ3n) is 12.5. The number of allylic oxidation sites excluding steroid dienone is 5. The van der Waals surface area contributed by atoms with E-state index in [4.69, 9.17) is 35.4 Å². The molecule has 2 aromatic heterocycles. The number of rotatable bonds is 28. The second-order valence-corrected chi connectivity index (χ2v) is 29.3. The van der Waals surface area contributed by atoms with Crippen molar-refractivity contribution >= 4 is 122 Å². The van der Waals surface area contributed by atoms with E-state index in [1.807, 2.05) is 65.8 Å². The molecule has 2 heterocycles. The fourth-order valence-electron chi connectivity index (χ4n) is 9.80. The van der Waals surface area contributed by atoms with Crippen molar-refractivity contribution in [2.45, 2.75) is 94.4 Å². The molecule has 0 unspecified atom stereocenters. The normalized spacial score (nSPS) is 11.5. The van der Waals surface area contributed by atoms with E-state index in [1.165, 1.54) is 38.3 Å². The number of nitrogens with zero attached hydrogens (tertiary/aromatic N) is 2. The van der Waals surface area contributed by atoms with Crippen molar-refractivity contribution in [2.75, 3.05) is 52.9 Å². The van der Waals surface area contributed by atoms with Crippen molar-refractivity contribution in [3.05, 3.63) is 143 Å². The summed E-state index contributed by atoms with van der Waals surface area (Å²) in [5.41, 5.74) is 4.70. The Labute approximate surface area is 484 Å². The molecule has 0 aliphatic rings. The average molecular weight is 1170 g/mol. The topological polar surface area (TPSA) is 83.7 Å². The predicted octanol–water partition coefficient (Wildman–Crippen LogP) is 9.20. The van der Waals surface area contributed by atoms with Gasteiger partial charge in [-0.15, -0.1) is 26.3 Å². The zero-order valence-corrected chi connectivity index (χ0v) is 52.8. The maximum atomic E-state index is 6.49. The number of fused-ring (bicyclic) bond motifs is 6. The van der Waals surface area contributed by atoms with Crippen molar-refractivity contribution < 1.29 is 52.4 Å². The predicted molar refractivity (Wildman–Crippen MR) is 330 cm³/mol. The van der Waals surface area contributed by atoms with Crippen LogP contribution in [0.4, 0.5) is 0 Å². The van der Waals surface area contributed by atoms with Crippen molar-refractivity contribution in [2.24, 2.45) is 14.1 Å². The first-order valence-corrected chi connectivity index (χ1v) is 33.4. The number of benzene rings is 4. The van der Waals surface area contributed by atoms with Gasteiger partial charge >= 0.3 is 40.7 Å². The molecule has 0 amide bonds. The van der Waals surface area contributed by atoms with E-state index in [9.17, 15) is 0 Å². The molecule has 0 saturated carbocycles. The smallest absolute Gasteiger partial charge is 1.00 e. The maximum Gasteiger partial charge on any atom is 2.00 e. The molecule has 6 rings (SSSR count). The van der Waals surface area contributed by atoms with Gasteiger partial charge in [-0.1, -0.05) is 75.6 Å². The minimum Gasteiger partial charge on any atom is -1.00 e. The van der Waals surface area contributed by atoms with Crippen LogP contribution in [0, 0.1) is 6.92 Å². The van der Waals surface area contributed by atoms with Gasteiger partial charge < -0.3 is 61.5 Å². The molecule has 0 saturated heterocycles. The SMILES string of the molecule is C.C.C=CC[Si](CC=C)(OCC)c1ccc2c(c1)c1cc([Si](CC=C)(CC=C)OCC)ccc1n2C.C=C[CH2-].CCO[Si](OCC)(OCC)c1ccc2c(c1)c1cc([Si](OCC)(OCC)OCC)ccc1n2C.[Br-].[Mg+2]. The van der Waals surface area contributed by atoms with E-state index in [0.717, 1.165) is 56.4 Å². The largest absolute Gasteiger partial charge is 2.00 e. The van der Waals surface area contributed by atoms with Crippen molar-refractivity contribution in [3.8, 4) is 0 Å². The summed E-state index contributed by atoms with van der Waals surface area (Å²) in [6.45, 7) is 43.2. The van der Waals surface area contributed by atoms with Gasteiger partial charge in [-0.05, 0) is 126 Å². The van der Waals surface area contributed by atoms with Gasteiger partial charge in [-0.2, -0.15) is 0 Å². The summed E-state index contributed by atoms with van der Waals surface area (Å²) in [7, 11) is -6.32. The molecule has 0 aliphatic carbocycles. The van der Waals surface area contributed by atoms with Crippen molar-refractivity contribution in [3.63, 3.8) is 0 Å². The molecule has 6 aromatic rings. The minimum absolute atomic E-state index is 0. The molecule has 0 aliphatic heterocycles. The third-order valence-corrected chi connectivity index (χ3v) is 26.8. The molecule has 0 spiro atoms. The maximum absolute atomic E-state index is 6.49. The summed E-state index contributed by atoms with van der Waals surface area (Å²) >= 11 is 0. The number of hydrogen-bond acceptors (Lipinski definition) is 8.